The predicted octanol–water partition coefficient (Wildman–Crippen LogP) is 5.87. The standard InChI is InChI=1S/C22H22N2O5.C4H10.C2H6/c1-28-7-2-8-29-21-9-14-4-6-24-13-18(22(26)27)20(25)11-19(24)16(14)10-17(21)15-3-5-23-12-15;1-4(2)3;1-2/h3,5,9-13,23H,2,4,6-8H2,1H3,(H,26,27);4H,1-3H3;1-2H3. The highest BCUT2D eigenvalue weighted by molar-refractivity contribution is 5.88. The van der Waals surface area contributed by atoms with Gasteiger partial charge in [0.2, 0.25) is 0 Å². The number of benzene rings is 1. The van der Waals surface area contributed by atoms with Crippen molar-refractivity contribution in [2.75, 3.05) is 20.3 Å². The van der Waals surface area contributed by atoms with Crippen LogP contribution in [0.15, 0.2) is 47.7 Å². The molecule has 0 bridgehead atoms. The third-order valence-corrected chi connectivity index (χ3v) is 5.12. The molecule has 0 atom stereocenters. The number of hydrogen-bond acceptors (Lipinski definition) is 4. The Kier molecular flexibility index (Phi) is 10.8. The summed E-state index contributed by atoms with van der Waals surface area (Å²) < 4.78 is 13.0. The zero-order valence-electron chi connectivity index (χ0n) is 21.7. The van der Waals surface area contributed by atoms with Crippen molar-refractivity contribution in [3.05, 3.63) is 64.2 Å². The lowest BCUT2D eigenvalue weighted by Crippen LogP contribution is -2.22. The van der Waals surface area contributed by atoms with Crippen molar-refractivity contribution in [1.82, 2.24) is 9.55 Å². The molecule has 1 aromatic carbocycles. The number of fused-ring (bicyclic) bond motifs is 3. The summed E-state index contributed by atoms with van der Waals surface area (Å²) >= 11 is 0. The van der Waals surface area contributed by atoms with Gasteiger partial charge in [0.15, 0.2) is 5.43 Å². The van der Waals surface area contributed by atoms with Crippen LogP contribution in [0.2, 0.25) is 0 Å². The van der Waals surface area contributed by atoms with E-state index in [0.29, 0.717) is 19.8 Å². The van der Waals surface area contributed by atoms with Gasteiger partial charge in [0.05, 0.1) is 12.3 Å². The van der Waals surface area contributed by atoms with Gasteiger partial charge in [0.25, 0.3) is 0 Å². The van der Waals surface area contributed by atoms with E-state index in [0.717, 1.165) is 52.5 Å². The first-order valence-electron chi connectivity index (χ1n) is 12.2. The van der Waals surface area contributed by atoms with Crippen LogP contribution >= 0.6 is 0 Å². The minimum Gasteiger partial charge on any atom is -0.493 e. The number of aryl methyl sites for hydroxylation is 2. The topological polar surface area (TPSA) is 93.6 Å². The van der Waals surface area contributed by atoms with Gasteiger partial charge in [-0.15, -0.1) is 0 Å². The number of ether oxygens (including phenoxy) is 2. The van der Waals surface area contributed by atoms with Crippen molar-refractivity contribution < 1.29 is 19.4 Å². The van der Waals surface area contributed by atoms with Crippen LogP contribution in [0, 0.1) is 5.92 Å². The Hall–Kier alpha value is -3.32. The highest BCUT2D eigenvalue weighted by Gasteiger charge is 2.22. The first kappa shape index (κ1) is 27.9. The van der Waals surface area contributed by atoms with E-state index in [4.69, 9.17) is 9.47 Å². The fourth-order valence-corrected chi connectivity index (χ4v) is 3.68. The van der Waals surface area contributed by atoms with E-state index in [1.54, 1.807) is 7.11 Å². The van der Waals surface area contributed by atoms with E-state index in [1.165, 1.54) is 12.3 Å². The molecule has 0 aliphatic carbocycles. The van der Waals surface area contributed by atoms with Gasteiger partial charge in [-0.05, 0) is 36.1 Å². The smallest absolute Gasteiger partial charge is 0.341 e. The van der Waals surface area contributed by atoms with E-state index in [2.05, 4.69) is 25.8 Å². The van der Waals surface area contributed by atoms with Gasteiger partial charge in [-0.25, -0.2) is 4.79 Å². The molecule has 0 unspecified atom stereocenters. The van der Waals surface area contributed by atoms with E-state index in [1.807, 2.05) is 49.0 Å². The molecule has 0 fully saturated rings. The fourth-order valence-electron chi connectivity index (χ4n) is 3.68. The summed E-state index contributed by atoms with van der Waals surface area (Å²) in [5.41, 5.74) is 3.94. The van der Waals surface area contributed by atoms with E-state index >= 15 is 0 Å². The van der Waals surface area contributed by atoms with E-state index in [-0.39, 0.29) is 5.56 Å². The molecule has 4 rings (SSSR count). The maximum atomic E-state index is 12.3. The second-order valence-corrected chi connectivity index (χ2v) is 8.72. The van der Waals surface area contributed by atoms with Crippen molar-refractivity contribution >= 4 is 5.97 Å². The van der Waals surface area contributed by atoms with Crippen LogP contribution in [0.3, 0.4) is 0 Å². The first-order valence-corrected chi connectivity index (χ1v) is 12.2. The van der Waals surface area contributed by atoms with Gasteiger partial charge in [0.1, 0.15) is 11.3 Å². The number of methoxy groups -OCH3 is 1. The molecule has 0 saturated carbocycles. The molecule has 35 heavy (non-hydrogen) atoms. The number of aromatic carboxylic acids is 1. The molecule has 0 radical (unpaired) electrons. The zero-order valence-corrected chi connectivity index (χ0v) is 21.7. The molecule has 7 heteroatoms. The highest BCUT2D eigenvalue weighted by Crippen LogP contribution is 2.39. The number of rotatable bonds is 7. The molecule has 2 N–H and O–H groups in total. The molecule has 0 amide bonds. The summed E-state index contributed by atoms with van der Waals surface area (Å²) in [6.45, 7) is 12.3. The maximum Gasteiger partial charge on any atom is 0.341 e. The van der Waals surface area contributed by atoms with Gasteiger partial charge in [-0.3, -0.25) is 4.79 Å². The number of carboxylic acid groups (broad SMARTS) is 1. The molecular formula is C28H38N2O5. The summed E-state index contributed by atoms with van der Waals surface area (Å²) in [5, 5.41) is 9.25. The van der Waals surface area contributed by atoms with Gasteiger partial charge in [0, 0.05) is 68.0 Å². The van der Waals surface area contributed by atoms with Crippen molar-refractivity contribution in [2.45, 2.75) is 54.0 Å². The highest BCUT2D eigenvalue weighted by atomic mass is 16.5. The molecule has 2 aromatic heterocycles. The minimum atomic E-state index is -1.20. The number of carbonyl (C=O) groups is 1. The lowest BCUT2D eigenvalue weighted by atomic mass is 9.92. The third kappa shape index (κ3) is 7.33. The fraction of sp³-hybridized carbons (Fsp3) is 0.429. The second-order valence-electron chi connectivity index (χ2n) is 8.72. The van der Waals surface area contributed by atoms with Crippen molar-refractivity contribution in [1.29, 1.82) is 0 Å². The Bertz CT molecular complexity index is 1140. The number of H-pyrrole nitrogens is 1. The number of nitrogens with zero attached hydrogens (tertiary/aromatic N) is 1. The van der Waals surface area contributed by atoms with Crippen LogP contribution in [0.1, 0.15) is 57.0 Å². The average Bonchev–Trinajstić information content (AvgIpc) is 3.36. The van der Waals surface area contributed by atoms with Gasteiger partial charge in [-0.1, -0.05) is 34.6 Å². The van der Waals surface area contributed by atoms with Crippen molar-refractivity contribution in [2.24, 2.45) is 5.92 Å². The Balaban J connectivity index is 0.000000655. The van der Waals surface area contributed by atoms with Crippen molar-refractivity contribution in [3.8, 4) is 28.1 Å². The number of nitrogens with one attached hydrogen (secondary N) is 1. The minimum absolute atomic E-state index is 0.207. The molecule has 1 aliphatic heterocycles. The summed E-state index contributed by atoms with van der Waals surface area (Å²) in [6, 6.07) is 7.44. The van der Waals surface area contributed by atoms with Gasteiger partial charge < -0.3 is 24.1 Å². The largest absolute Gasteiger partial charge is 0.493 e. The second kappa shape index (κ2) is 13.5. The van der Waals surface area contributed by atoms with Crippen LogP contribution in [0.5, 0.6) is 5.75 Å². The average molecular weight is 483 g/mol. The number of aromatic amines is 1. The Morgan fingerprint density at radius 3 is 2.46 bits per heavy atom. The van der Waals surface area contributed by atoms with E-state index < -0.39 is 11.4 Å². The maximum absolute atomic E-state index is 12.3. The Morgan fingerprint density at radius 2 is 1.86 bits per heavy atom. The molecule has 0 saturated heterocycles. The predicted molar refractivity (Wildman–Crippen MR) is 140 cm³/mol. The number of hydrogen-bond donors (Lipinski definition) is 2. The van der Waals surface area contributed by atoms with Crippen LogP contribution in [-0.2, 0) is 17.7 Å². The number of aromatic nitrogens is 2. The van der Waals surface area contributed by atoms with Crippen LogP contribution < -0.4 is 10.2 Å². The molecule has 0 spiro atoms. The van der Waals surface area contributed by atoms with Crippen LogP contribution in [0.4, 0.5) is 0 Å². The zero-order chi connectivity index (χ0) is 26.0. The molecule has 3 aromatic rings. The normalized spacial score (nSPS) is 11.4. The van der Waals surface area contributed by atoms with E-state index in [9.17, 15) is 14.7 Å². The molecule has 190 valence electrons. The van der Waals surface area contributed by atoms with Crippen LogP contribution in [0.25, 0.3) is 22.4 Å². The molecule has 3 heterocycles. The number of carboxylic acids is 1. The number of pyridine rings is 1. The lowest BCUT2D eigenvalue weighted by molar-refractivity contribution is 0.0694. The molecule has 1 aliphatic rings. The molecule has 7 nitrogen and oxygen atoms in total. The third-order valence-electron chi connectivity index (χ3n) is 5.12. The molecular weight excluding hydrogens is 444 g/mol. The van der Waals surface area contributed by atoms with Crippen molar-refractivity contribution in [3.63, 3.8) is 0 Å². The monoisotopic (exact) mass is 482 g/mol. The van der Waals surface area contributed by atoms with Crippen LogP contribution in [-0.4, -0.2) is 41.0 Å². The van der Waals surface area contributed by atoms with Gasteiger partial charge in [-0.2, -0.15) is 0 Å². The summed E-state index contributed by atoms with van der Waals surface area (Å²) in [5.74, 6) is 0.418. The van der Waals surface area contributed by atoms with Gasteiger partial charge >= 0.3 is 5.97 Å². The lowest BCUT2D eigenvalue weighted by Gasteiger charge is -2.24. The Labute approximate surface area is 207 Å². The summed E-state index contributed by atoms with van der Waals surface area (Å²) in [7, 11) is 1.67. The summed E-state index contributed by atoms with van der Waals surface area (Å²) in [4.78, 5) is 26.7. The quantitative estimate of drug-likeness (QED) is 0.411. The first-order chi connectivity index (χ1) is 16.8. The summed E-state index contributed by atoms with van der Waals surface area (Å²) in [6.07, 6.45) is 6.70. The Morgan fingerprint density at radius 1 is 1.14 bits per heavy atom. The SMILES string of the molecule is CC.CC(C)C.COCCCOc1cc2c(cc1-c1cc[nH]c1)-c1cc(=O)c(C(=O)O)cn1CC2.